The smallest absolute Gasteiger partial charge is 0.0791 e. The Morgan fingerprint density at radius 1 is 1.32 bits per heavy atom. The molecule has 1 atom stereocenters. The fourth-order valence-electron chi connectivity index (χ4n) is 2.20. The molecule has 4 heteroatoms. The number of methoxy groups -OCH3 is 1. The Morgan fingerprint density at radius 2 is 2.05 bits per heavy atom. The Bertz CT molecular complexity index is 549. The average Bonchev–Trinajstić information content (AvgIpc) is 2.44. The van der Waals surface area contributed by atoms with Gasteiger partial charge in [-0.1, -0.05) is 18.2 Å². The van der Waals surface area contributed by atoms with Crippen LogP contribution in [0.25, 0.3) is 10.9 Å². The topological polar surface area (TPSA) is 60.2 Å². The zero-order valence-corrected chi connectivity index (χ0v) is 11.7. The molecule has 0 saturated carbocycles. The van der Waals surface area contributed by atoms with Gasteiger partial charge in [0, 0.05) is 18.7 Å². The fourth-order valence-corrected chi connectivity index (χ4v) is 2.20. The quantitative estimate of drug-likeness (QED) is 0.637. The van der Waals surface area contributed by atoms with Crippen molar-refractivity contribution in [3.05, 3.63) is 42.1 Å². The molecule has 102 valence electrons. The highest BCUT2D eigenvalue weighted by Gasteiger charge is 2.28. The van der Waals surface area contributed by atoms with E-state index >= 15 is 0 Å². The summed E-state index contributed by atoms with van der Waals surface area (Å²) in [5.74, 6) is 5.68. The predicted molar refractivity (Wildman–Crippen MR) is 77.6 cm³/mol. The number of fused-ring (bicyclic) bond motifs is 1. The van der Waals surface area contributed by atoms with Crippen molar-refractivity contribution in [3.63, 3.8) is 0 Å². The molecule has 2 rings (SSSR count). The van der Waals surface area contributed by atoms with Crippen LogP contribution in [0.15, 0.2) is 36.5 Å². The minimum atomic E-state index is -0.334. The lowest BCUT2D eigenvalue weighted by molar-refractivity contribution is -0.00998. The number of nitrogens with two attached hydrogens (primary N) is 1. The SMILES string of the molecule is COC(C)(C)C(Cc1ccnc2ccccc12)NN. The van der Waals surface area contributed by atoms with Crippen molar-refractivity contribution in [2.45, 2.75) is 31.9 Å². The second kappa shape index (κ2) is 5.65. The van der Waals surface area contributed by atoms with E-state index in [2.05, 4.69) is 16.5 Å². The molecule has 0 aliphatic carbocycles. The molecule has 0 bridgehead atoms. The zero-order chi connectivity index (χ0) is 13.9. The molecule has 0 spiro atoms. The van der Waals surface area contributed by atoms with Gasteiger partial charge >= 0.3 is 0 Å². The van der Waals surface area contributed by atoms with E-state index < -0.39 is 0 Å². The molecule has 1 aromatic carbocycles. The number of para-hydroxylation sites is 1. The highest BCUT2D eigenvalue weighted by molar-refractivity contribution is 5.81. The van der Waals surface area contributed by atoms with E-state index in [-0.39, 0.29) is 11.6 Å². The van der Waals surface area contributed by atoms with Crippen LogP contribution in [-0.2, 0) is 11.2 Å². The van der Waals surface area contributed by atoms with Gasteiger partial charge in [-0.2, -0.15) is 0 Å². The Morgan fingerprint density at radius 3 is 2.74 bits per heavy atom. The summed E-state index contributed by atoms with van der Waals surface area (Å²) in [6.45, 7) is 4.06. The van der Waals surface area contributed by atoms with E-state index in [0.29, 0.717) is 0 Å². The number of nitrogens with zero attached hydrogens (tertiary/aromatic N) is 1. The minimum Gasteiger partial charge on any atom is -0.377 e. The molecule has 0 amide bonds. The van der Waals surface area contributed by atoms with Crippen molar-refractivity contribution in [1.29, 1.82) is 0 Å². The number of hydrogen-bond donors (Lipinski definition) is 2. The summed E-state index contributed by atoms with van der Waals surface area (Å²) in [5.41, 5.74) is 4.75. The summed E-state index contributed by atoms with van der Waals surface area (Å²) in [6, 6.07) is 10.2. The molecule has 1 unspecified atom stereocenters. The van der Waals surface area contributed by atoms with E-state index in [9.17, 15) is 0 Å². The largest absolute Gasteiger partial charge is 0.377 e. The van der Waals surface area contributed by atoms with Crippen LogP contribution in [0.5, 0.6) is 0 Å². The van der Waals surface area contributed by atoms with Crippen LogP contribution in [0.2, 0.25) is 0 Å². The first-order valence-corrected chi connectivity index (χ1v) is 6.42. The molecule has 0 aliphatic heterocycles. The summed E-state index contributed by atoms with van der Waals surface area (Å²) in [4.78, 5) is 4.37. The molecule has 0 aliphatic rings. The van der Waals surface area contributed by atoms with Crippen molar-refractivity contribution in [2.24, 2.45) is 5.84 Å². The summed E-state index contributed by atoms with van der Waals surface area (Å²) in [5, 5.41) is 1.16. The number of rotatable bonds is 5. The molecule has 2 aromatic rings. The second-order valence-electron chi connectivity index (χ2n) is 5.22. The molecular formula is C15H21N3O. The molecule has 1 aromatic heterocycles. The third kappa shape index (κ3) is 2.92. The zero-order valence-electron chi connectivity index (χ0n) is 11.7. The van der Waals surface area contributed by atoms with E-state index in [0.717, 1.165) is 17.3 Å². The number of aromatic nitrogens is 1. The lowest BCUT2D eigenvalue weighted by Crippen LogP contribution is -2.52. The fraction of sp³-hybridized carbons (Fsp3) is 0.400. The molecule has 0 radical (unpaired) electrons. The molecule has 0 fully saturated rings. The summed E-state index contributed by atoms with van der Waals surface area (Å²) in [7, 11) is 1.70. The minimum absolute atomic E-state index is 0.0308. The average molecular weight is 259 g/mol. The summed E-state index contributed by atoms with van der Waals surface area (Å²) < 4.78 is 5.52. The maximum Gasteiger partial charge on any atom is 0.0791 e. The van der Waals surface area contributed by atoms with Crippen molar-refractivity contribution < 1.29 is 4.74 Å². The van der Waals surface area contributed by atoms with Gasteiger partial charge in [0.25, 0.3) is 0 Å². The molecule has 3 N–H and O–H groups in total. The Labute approximate surface area is 113 Å². The first-order chi connectivity index (χ1) is 9.08. The first kappa shape index (κ1) is 13.9. The maximum atomic E-state index is 5.68. The van der Waals surface area contributed by atoms with Crippen molar-refractivity contribution in [3.8, 4) is 0 Å². The first-order valence-electron chi connectivity index (χ1n) is 6.42. The van der Waals surface area contributed by atoms with Crippen molar-refractivity contribution >= 4 is 10.9 Å². The van der Waals surface area contributed by atoms with Gasteiger partial charge in [0.15, 0.2) is 0 Å². The maximum absolute atomic E-state index is 5.68. The summed E-state index contributed by atoms with van der Waals surface area (Å²) in [6.07, 6.45) is 2.63. The number of hydrazine groups is 1. The predicted octanol–water partition coefficient (Wildman–Crippen LogP) is 2.03. The second-order valence-corrected chi connectivity index (χ2v) is 5.22. The standard InChI is InChI=1S/C15H21N3O/c1-15(2,19-3)14(18-16)10-11-8-9-17-13-7-5-4-6-12(11)13/h4-9,14,18H,10,16H2,1-3H3. The van der Waals surface area contributed by atoms with Crippen molar-refractivity contribution in [1.82, 2.24) is 10.4 Å². The van der Waals surface area contributed by atoms with Gasteiger partial charge in [-0.3, -0.25) is 16.3 Å². The van der Waals surface area contributed by atoms with Gasteiger partial charge in [-0.05, 0) is 38.0 Å². The Kier molecular flexibility index (Phi) is 4.14. The highest BCUT2D eigenvalue weighted by Crippen LogP contribution is 2.22. The van der Waals surface area contributed by atoms with E-state index in [1.807, 2.05) is 44.3 Å². The number of ether oxygens (including phenoxy) is 1. The molecule has 1 heterocycles. The van der Waals surface area contributed by atoms with Gasteiger partial charge in [0.05, 0.1) is 17.2 Å². The lowest BCUT2D eigenvalue weighted by atomic mass is 9.91. The van der Waals surface area contributed by atoms with Gasteiger partial charge in [-0.25, -0.2) is 0 Å². The molecular weight excluding hydrogens is 238 g/mol. The normalized spacial score (nSPS) is 13.7. The molecule has 4 nitrogen and oxygen atoms in total. The van der Waals surface area contributed by atoms with Gasteiger partial charge < -0.3 is 4.74 Å². The number of nitrogens with one attached hydrogen (secondary N) is 1. The third-order valence-electron chi connectivity index (χ3n) is 3.73. The van der Waals surface area contributed by atoms with Gasteiger partial charge in [-0.15, -0.1) is 0 Å². The summed E-state index contributed by atoms with van der Waals surface area (Å²) >= 11 is 0. The van der Waals surface area contributed by atoms with Crippen molar-refractivity contribution in [2.75, 3.05) is 7.11 Å². The number of benzene rings is 1. The van der Waals surface area contributed by atoms with Crippen LogP contribution >= 0.6 is 0 Å². The van der Waals surface area contributed by atoms with Crippen LogP contribution in [-0.4, -0.2) is 23.7 Å². The van der Waals surface area contributed by atoms with E-state index in [4.69, 9.17) is 10.6 Å². The third-order valence-corrected chi connectivity index (χ3v) is 3.73. The van der Waals surface area contributed by atoms with Crippen LogP contribution in [0.4, 0.5) is 0 Å². The number of pyridine rings is 1. The highest BCUT2D eigenvalue weighted by atomic mass is 16.5. The van der Waals surface area contributed by atoms with Crippen LogP contribution in [0.1, 0.15) is 19.4 Å². The van der Waals surface area contributed by atoms with Crippen LogP contribution < -0.4 is 11.3 Å². The lowest BCUT2D eigenvalue weighted by Gasteiger charge is -2.32. The molecule has 19 heavy (non-hydrogen) atoms. The molecule has 0 saturated heterocycles. The van der Waals surface area contributed by atoms with E-state index in [1.165, 1.54) is 5.56 Å². The Hall–Kier alpha value is -1.49. The van der Waals surface area contributed by atoms with Gasteiger partial charge in [0.1, 0.15) is 0 Å². The monoisotopic (exact) mass is 259 g/mol. The van der Waals surface area contributed by atoms with Crippen LogP contribution in [0, 0.1) is 0 Å². The van der Waals surface area contributed by atoms with E-state index in [1.54, 1.807) is 7.11 Å². The Balaban J connectivity index is 2.35. The van der Waals surface area contributed by atoms with Crippen LogP contribution in [0.3, 0.4) is 0 Å². The number of hydrogen-bond acceptors (Lipinski definition) is 4. The van der Waals surface area contributed by atoms with Gasteiger partial charge in [0.2, 0.25) is 0 Å².